The van der Waals surface area contributed by atoms with Gasteiger partial charge in [0.25, 0.3) is 0 Å². The third-order valence-electron chi connectivity index (χ3n) is 5.80. The first kappa shape index (κ1) is 16.7. The summed E-state index contributed by atoms with van der Waals surface area (Å²) in [6.07, 6.45) is 9.80. The summed E-state index contributed by atoms with van der Waals surface area (Å²) in [5, 5.41) is 4.37. The van der Waals surface area contributed by atoms with E-state index in [0.29, 0.717) is 12.0 Å². The van der Waals surface area contributed by atoms with Gasteiger partial charge >= 0.3 is 0 Å². The lowest BCUT2D eigenvalue weighted by atomic mass is 9.94. The van der Waals surface area contributed by atoms with Crippen LogP contribution >= 0.6 is 0 Å². The van der Waals surface area contributed by atoms with Crippen LogP contribution < -0.4 is 0 Å². The molecule has 4 rings (SSSR count). The van der Waals surface area contributed by atoms with Crippen molar-refractivity contribution in [1.82, 2.24) is 19.9 Å². The number of aryl methyl sites for hydroxylation is 1. The van der Waals surface area contributed by atoms with Crippen molar-refractivity contribution < 1.29 is 4.52 Å². The number of hydrogen-bond donors (Lipinski definition) is 0. The highest BCUT2D eigenvalue weighted by Crippen LogP contribution is 2.36. The van der Waals surface area contributed by atoms with Crippen molar-refractivity contribution in [2.45, 2.75) is 44.7 Å². The molecule has 0 spiro atoms. The summed E-state index contributed by atoms with van der Waals surface area (Å²) in [7, 11) is 4.44. The first-order chi connectivity index (χ1) is 12.2. The van der Waals surface area contributed by atoms with Crippen molar-refractivity contribution >= 4 is 0 Å². The molecule has 134 valence electrons. The summed E-state index contributed by atoms with van der Waals surface area (Å²) in [5.41, 5.74) is 3.87. The molecule has 2 aliphatic rings. The molecule has 5 heteroatoms. The second-order valence-electron chi connectivity index (χ2n) is 7.70. The Balaban J connectivity index is 1.43. The van der Waals surface area contributed by atoms with Gasteiger partial charge in [0.05, 0.1) is 0 Å². The van der Waals surface area contributed by atoms with E-state index in [-0.39, 0.29) is 0 Å². The molecule has 1 aliphatic carbocycles. The van der Waals surface area contributed by atoms with Gasteiger partial charge in [-0.3, -0.25) is 9.88 Å². The number of likely N-dealkylation sites (tertiary alicyclic amines) is 1. The fraction of sp³-hybridized carbons (Fsp3) is 0.600. The number of nitrogens with zero attached hydrogens (tertiary/aromatic N) is 4. The highest BCUT2D eigenvalue weighted by atomic mass is 16.5. The fourth-order valence-electron chi connectivity index (χ4n) is 4.59. The van der Waals surface area contributed by atoms with Gasteiger partial charge in [-0.2, -0.15) is 0 Å². The van der Waals surface area contributed by atoms with E-state index >= 15 is 0 Å². The average molecular weight is 340 g/mol. The van der Waals surface area contributed by atoms with Crippen LogP contribution in [0.25, 0.3) is 0 Å². The fourth-order valence-corrected chi connectivity index (χ4v) is 4.59. The SMILES string of the molecule is CN(Cc1noc2c1CCCC2)C[C@@H]1CCN(C)[C@H]1c1cccnc1. The Kier molecular flexibility index (Phi) is 4.86. The maximum atomic E-state index is 5.57. The first-order valence-electron chi connectivity index (χ1n) is 9.47. The van der Waals surface area contributed by atoms with E-state index in [1.165, 1.54) is 30.4 Å². The summed E-state index contributed by atoms with van der Waals surface area (Å²) < 4.78 is 5.57. The standard InChI is InChI=1S/C20H28N4O/c1-23(14-18-17-7-3-4-8-19(17)25-22-18)13-16-9-11-24(2)20(16)15-6-5-10-21-12-15/h5-6,10,12,16,20H,3-4,7-9,11,13-14H2,1-2H3/t16-,20-/m0/s1. The molecule has 5 nitrogen and oxygen atoms in total. The Bertz CT molecular complexity index is 699. The van der Waals surface area contributed by atoms with Gasteiger partial charge in [-0.1, -0.05) is 11.2 Å². The number of fused-ring (bicyclic) bond motifs is 1. The summed E-state index contributed by atoms with van der Waals surface area (Å²) in [6, 6.07) is 4.71. The van der Waals surface area contributed by atoms with Gasteiger partial charge in [-0.05, 0) is 63.9 Å². The van der Waals surface area contributed by atoms with Crippen LogP contribution in [0, 0.1) is 5.92 Å². The second kappa shape index (κ2) is 7.26. The van der Waals surface area contributed by atoms with Crippen molar-refractivity contribution in [2.24, 2.45) is 5.92 Å². The lowest BCUT2D eigenvalue weighted by Crippen LogP contribution is -2.30. The lowest BCUT2D eigenvalue weighted by molar-refractivity contribution is 0.210. The topological polar surface area (TPSA) is 45.4 Å². The van der Waals surface area contributed by atoms with E-state index in [1.54, 1.807) is 0 Å². The summed E-state index contributed by atoms with van der Waals surface area (Å²) >= 11 is 0. The number of aromatic nitrogens is 2. The first-order valence-corrected chi connectivity index (χ1v) is 9.47. The molecule has 0 bridgehead atoms. The highest BCUT2D eigenvalue weighted by Gasteiger charge is 2.34. The smallest absolute Gasteiger partial charge is 0.140 e. The maximum Gasteiger partial charge on any atom is 0.140 e. The van der Waals surface area contributed by atoms with Crippen LogP contribution in [0.2, 0.25) is 0 Å². The van der Waals surface area contributed by atoms with E-state index in [2.05, 4.69) is 40.1 Å². The molecule has 0 N–H and O–H groups in total. The third-order valence-corrected chi connectivity index (χ3v) is 5.80. The number of rotatable bonds is 5. The Morgan fingerprint density at radius 2 is 2.20 bits per heavy atom. The highest BCUT2D eigenvalue weighted by molar-refractivity contribution is 5.25. The predicted octanol–water partition coefficient (Wildman–Crippen LogP) is 3.07. The molecule has 1 fully saturated rings. The quantitative estimate of drug-likeness (QED) is 0.837. The van der Waals surface area contributed by atoms with Crippen LogP contribution in [0.15, 0.2) is 29.0 Å². The van der Waals surface area contributed by atoms with Gasteiger partial charge in [-0.25, -0.2) is 0 Å². The van der Waals surface area contributed by atoms with Crippen LogP contribution in [0.1, 0.15) is 47.9 Å². The second-order valence-corrected chi connectivity index (χ2v) is 7.70. The minimum atomic E-state index is 0.461. The molecule has 0 amide bonds. The van der Waals surface area contributed by atoms with Crippen molar-refractivity contribution in [1.29, 1.82) is 0 Å². The molecule has 3 heterocycles. The zero-order valence-corrected chi connectivity index (χ0v) is 15.3. The van der Waals surface area contributed by atoms with E-state index in [1.807, 2.05) is 18.5 Å². The minimum Gasteiger partial charge on any atom is -0.361 e. The van der Waals surface area contributed by atoms with Crippen molar-refractivity contribution in [3.63, 3.8) is 0 Å². The van der Waals surface area contributed by atoms with Crippen LogP contribution in [0.3, 0.4) is 0 Å². The summed E-state index contributed by atoms with van der Waals surface area (Å²) in [6.45, 7) is 3.11. The van der Waals surface area contributed by atoms with Crippen LogP contribution in [0.5, 0.6) is 0 Å². The molecule has 0 unspecified atom stereocenters. The zero-order chi connectivity index (χ0) is 17.2. The van der Waals surface area contributed by atoms with Crippen molar-refractivity contribution in [2.75, 3.05) is 27.2 Å². The van der Waals surface area contributed by atoms with Gasteiger partial charge in [0.1, 0.15) is 11.5 Å². The predicted molar refractivity (Wildman–Crippen MR) is 97.2 cm³/mol. The van der Waals surface area contributed by atoms with Gasteiger partial charge in [-0.15, -0.1) is 0 Å². The van der Waals surface area contributed by atoms with E-state index in [9.17, 15) is 0 Å². The lowest BCUT2D eigenvalue weighted by Gasteiger charge is -2.28. The molecule has 2 aromatic rings. The average Bonchev–Trinajstić information content (AvgIpc) is 3.20. The van der Waals surface area contributed by atoms with Gasteiger partial charge in [0.2, 0.25) is 0 Å². The van der Waals surface area contributed by atoms with E-state index in [0.717, 1.165) is 43.9 Å². The molecule has 1 aliphatic heterocycles. The van der Waals surface area contributed by atoms with Crippen LogP contribution in [0.4, 0.5) is 0 Å². The normalized spacial score (nSPS) is 24.0. The Morgan fingerprint density at radius 3 is 3.04 bits per heavy atom. The zero-order valence-electron chi connectivity index (χ0n) is 15.3. The largest absolute Gasteiger partial charge is 0.361 e. The van der Waals surface area contributed by atoms with Gasteiger partial charge in [0, 0.05) is 43.5 Å². The van der Waals surface area contributed by atoms with Crippen molar-refractivity contribution in [3.8, 4) is 0 Å². The molecular weight excluding hydrogens is 312 g/mol. The molecule has 25 heavy (non-hydrogen) atoms. The van der Waals surface area contributed by atoms with Crippen LogP contribution in [-0.4, -0.2) is 47.1 Å². The van der Waals surface area contributed by atoms with Crippen molar-refractivity contribution in [3.05, 3.63) is 47.1 Å². The van der Waals surface area contributed by atoms with E-state index in [4.69, 9.17) is 4.52 Å². The number of hydrogen-bond acceptors (Lipinski definition) is 5. The molecular formula is C20H28N4O. The third kappa shape index (κ3) is 3.48. The van der Waals surface area contributed by atoms with Crippen LogP contribution in [-0.2, 0) is 19.4 Å². The molecule has 1 saturated heterocycles. The minimum absolute atomic E-state index is 0.461. The Morgan fingerprint density at radius 1 is 1.32 bits per heavy atom. The van der Waals surface area contributed by atoms with Gasteiger partial charge < -0.3 is 9.42 Å². The van der Waals surface area contributed by atoms with E-state index < -0.39 is 0 Å². The molecule has 2 aromatic heterocycles. The molecule has 2 atom stereocenters. The molecule has 0 radical (unpaired) electrons. The number of pyridine rings is 1. The van der Waals surface area contributed by atoms with Gasteiger partial charge in [0.15, 0.2) is 0 Å². The Labute approximate surface area is 150 Å². The Hall–Kier alpha value is -1.72. The maximum absolute atomic E-state index is 5.57. The molecule has 0 aromatic carbocycles. The molecule has 0 saturated carbocycles. The summed E-state index contributed by atoms with van der Waals surface area (Å²) in [4.78, 5) is 9.21. The monoisotopic (exact) mass is 340 g/mol. The summed E-state index contributed by atoms with van der Waals surface area (Å²) in [5.74, 6) is 1.76.